The van der Waals surface area contributed by atoms with Crippen molar-refractivity contribution < 1.29 is 9.53 Å². The number of hydrogen-bond donors (Lipinski definition) is 2. The normalized spacial score (nSPS) is 10.4. The average Bonchev–Trinajstić information content (AvgIpc) is 2.53. The zero-order chi connectivity index (χ0) is 15.4. The second kappa shape index (κ2) is 6.13. The van der Waals surface area contributed by atoms with E-state index in [-0.39, 0.29) is 18.1 Å². The maximum absolute atomic E-state index is 11.8. The molecule has 0 saturated carbocycles. The Morgan fingerprint density at radius 3 is 2.64 bits per heavy atom. The third-order valence-corrected chi connectivity index (χ3v) is 3.12. The number of aromatic nitrogens is 1. The summed E-state index contributed by atoms with van der Waals surface area (Å²) < 4.78 is 5.45. The summed E-state index contributed by atoms with van der Waals surface area (Å²) in [6.07, 6.45) is 0. The fourth-order valence-corrected chi connectivity index (χ4v) is 2.09. The molecular weight excluding hydrogens is 280 g/mol. The minimum atomic E-state index is -0.243. The van der Waals surface area contributed by atoms with Crippen molar-refractivity contribution in [1.29, 1.82) is 0 Å². The van der Waals surface area contributed by atoms with E-state index in [1.807, 2.05) is 24.3 Å². The van der Waals surface area contributed by atoms with Gasteiger partial charge in [-0.15, -0.1) is 0 Å². The van der Waals surface area contributed by atoms with Gasteiger partial charge in [0.1, 0.15) is 5.75 Å². The molecule has 22 heavy (non-hydrogen) atoms. The predicted molar refractivity (Wildman–Crippen MR) is 85.1 cm³/mol. The summed E-state index contributed by atoms with van der Waals surface area (Å²) in [5.41, 5.74) is 1.22. The van der Waals surface area contributed by atoms with Gasteiger partial charge in [-0.25, -0.2) is 0 Å². The smallest absolute Gasteiger partial charge is 0.262 e. The standard InChI is InChI=1S/C17H14N2O3/c20-16-9-7-12-6-8-14(10-15(12)19-16)22-11-17(21)18-13-4-2-1-3-5-13/h1-10H,11H2,(H,18,21)(H,19,20). The van der Waals surface area contributed by atoms with Gasteiger partial charge < -0.3 is 15.0 Å². The van der Waals surface area contributed by atoms with Crippen LogP contribution < -0.4 is 15.6 Å². The molecule has 0 aliphatic heterocycles. The van der Waals surface area contributed by atoms with Crippen LogP contribution in [0.2, 0.25) is 0 Å². The molecule has 1 aromatic heterocycles. The molecule has 0 unspecified atom stereocenters. The Balaban J connectivity index is 1.66. The quantitative estimate of drug-likeness (QED) is 0.776. The van der Waals surface area contributed by atoms with E-state index in [9.17, 15) is 9.59 Å². The van der Waals surface area contributed by atoms with Crippen LogP contribution in [-0.2, 0) is 4.79 Å². The van der Waals surface area contributed by atoms with Crippen molar-refractivity contribution in [1.82, 2.24) is 4.98 Å². The fraction of sp³-hybridized carbons (Fsp3) is 0.0588. The molecule has 2 aromatic carbocycles. The first-order chi connectivity index (χ1) is 10.7. The van der Waals surface area contributed by atoms with E-state index in [4.69, 9.17) is 4.74 Å². The van der Waals surface area contributed by atoms with Crippen LogP contribution in [0.15, 0.2) is 65.5 Å². The summed E-state index contributed by atoms with van der Waals surface area (Å²) in [4.78, 5) is 25.8. The number of amides is 1. The molecular formula is C17H14N2O3. The van der Waals surface area contributed by atoms with Gasteiger partial charge in [0.2, 0.25) is 5.56 Å². The van der Waals surface area contributed by atoms with Gasteiger partial charge in [-0.1, -0.05) is 18.2 Å². The SMILES string of the molecule is O=C(COc1ccc2ccc(=O)[nH]c2c1)Nc1ccccc1. The molecule has 5 nitrogen and oxygen atoms in total. The van der Waals surface area contributed by atoms with Gasteiger partial charge in [0.05, 0.1) is 5.52 Å². The number of para-hydroxylation sites is 1. The monoisotopic (exact) mass is 294 g/mol. The maximum atomic E-state index is 11.8. The molecule has 0 bridgehead atoms. The largest absolute Gasteiger partial charge is 0.484 e. The Labute approximate surface area is 126 Å². The Morgan fingerprint density at radius 1 is 1.05 bits per heavy atom. The molecule has 0 aliphatic rings. The van der Waals surface area contributed by atoms with Gasteiger partial charge in [-0.2, -0.15) is 0 Å². The molecule has 0 saturated heterocycles. The van der Waals surface area contributed by atoms with Crippen molar-refractivity contribution in [3.05, 3.63) is 71.0 Å². The number of ether oxygens (including phenoxy) is 1. The molecule has 0 radical (unpaired) electrons. The van der Waals surface area contributed by atoms with Crippen molar-refractivity contribution in [2.45, 2.75) is 0 Å². The van der Waals surface area contributed by atoms with Crippen LogP contribution in [0.5, 0.6) is 5.75 Å². The Kier molecular flexibility index (Phi) is 3.87. The van der Waals surface area contributed by atoms with Gasteiger partial charge in [-0.3, -0.25) is 9.59 Å². The second-order valence-electron chi connectivity index (χ2n) is 4.77. The zero-order valence-corrected chi connectivity index (χ0v) is 11.7. The molecule has 1 heterocycles. The lowest BCUT2D eigenvalue weighted by Gasteiger charge is -2.08. The van der Waals surface area contributed by atoms with Crippen LogP contribution in [0.3, 0.4) is 0 Å². The number of carbonyl (C=O) groups is 1. The van der Waals surface area contributed by atoms with Crippen molar-refractivity contribution in [3.63, 3.8) is 0 Å². The molecule has 1 amide bonds. The summed E-state index contributed by atoms with van der Waals surface area (Å²) in [6.45, 7) is -0.0997. The highest BCUT2D eigenvalue weighted by molar-refractivity contribution is 5.91. The highest BCUT2D eigenvalue weighted by Gasteiger charge is 2.04. The summed E-state index contributed by atoms with van der Waals surface area (Å²) in [6, 6.07) is 17.7. The van der Waals surface area contributed by atoms with Crippen LogP contribution in [0.1, 0.15) is 0 Å². The molecule has 3 rings (SSSR count). The Bertz CT molecular complexity index is 856. The molecule has 110 valence electrons. The van der Waals surface area contributed by atoms with Crippen molar-refractivity contribution in [2.24, 2.45) is 0 Å². The number of fused-ring (bicyclic) bond motifs is 1. The number of benzene rings is 2. The first-order valence-electron chi connectivity index (χ1n) is 6.81. The third kappa shape index (κ3) is 3.32. The maximum Gasteiger partial charge on any atom is 0.262 e. The lowest BCUT2D eigenvalue weighted by atomic mass is 10.2. The third-order valence-electron chi connectivity index (χ3n) is 3.12. The van der Waals surface area contributed by atoms with E-state index in [0.29, 0.717) is 11.3 Å². The molecule has 0 aliphatic carbocycles. The highest BCUT2D eigenvalue weighted by Crippen LogP contribution is 2.18. The van der Waals surface area contributed by atoms with E-state index >= 15 is 0 Å². The minimum absolute atomic E-state index is 0.0997. The number of carbonyl (C=O) groups excluding carboxylic acids is 1. The topological polar surface area (TPSA) is 71.2 Å². The number of H-pyrrole nitrogens is 1. The van der Waals surface area contributed by atoms with Gasteiger partial charge in [-0.05, 0) is 35.7 Å². The van der Waals surface area contributed by atoms with E-state index in [0.717, 1.165) is 11.1 Å². The molecule has 5 heteroatoms. The molecule has 0 fully saturated rings. The van der Waals surface area contributed by atoms with Crippen LogP contribution in [0.25, 0.3) is 10.9 Å². The fourth-order valence-electron chi connectivity index (χ4n) is 2.09. The highest BCUT2D eigenvalue weighted by atomic mass is 16.5. The first-order valence-corrected chi connectivity index (χ1v) is 6.81. The lowest BCUT2D eigenvalue weighted by Crippen LogP contribution is -2.20. The first kappa shape index (κ1) is 13.9. The molecule has 2 N–H and O–H groups in total. The summed E-state index contributed by atoms with van der Waals surface area (Å²) >= 11 is 0. The van der Waals surface area contributed by atoms with E-state index in [2.05, 4.69) is 10.3 Å². The number of anilines is 1. The minimum Gasteiger partial charge on any atom is -0.484 e. The van der Waals surface area contributed by atoms with Crippen LogP contribution in [0.4, 0.5) is 5.69 Å². The van der Waals surface area contributed by atoms with E-state index < -0.39 is 0 Å². The van der Waals surface area contributed by atoms with Gasteiger partial charge in [0, 0.05) is 17.8 Å². The Morgan fingerprint density at radius 2 is 1.82 bits per heavy atom. The number of aromatic amines is 1. The summed E-state index contributed by atoms with van der Waals surface area (Å²) in [7, 11) is 0. The van der Waals surface area contributed by atoms with Gasteiger partial charge >= 0.3 is 0 Å². The van der Waals surface area contributed by atoms with Crippen molar-refractivity contribution in [2.75, 3.05) is 11.9 Å². The van der Waals surface area contributed by atoms with Gasteiger partial charge in [0.25, 0.3) is 5.91 Å². The van der Waals surface area contributed by atoms with Crippen molar-refractivity contribution >= 4 is 22.5 Å². The second-order valence-corrected chi connectivity index (χ2v) is 4.77. The average molecular weight is 294 g/mol. The van der Waals surface area contributed by atoms with E-state index in [1.54, 1.807) is 30.3 Å². The molecule has 0 spiro atoms. The number of pyridine rings is 1. The van der Waals surface area contributed by atoms with Crippen molar-refractivity contribution in [3.8, 4) is 5.75 Å². The molecule has 3 aromatic rings. The summed E-state index contributed by atoms with van der Waals surface area (Å²) in [5, 5.41) is 3.64. The van der Waals surface area contributed by atoms with Crippen LogP contribution in [0, 0.1) is 0 Å². The number of rotatable bonds is 4. The molecule has 0 atom stereocenters. The summed E-state index contributed by atoms with van der Waals surface area (Å²) in [5.74, 6) is 0.283. The number of hydrogen-bond acceptors (Lipinski definition) is 3. The number of nitrogens with one attached hydrogen (secondary N) is 2. The predicted octanol–water partition coefficient (Wildman–Crippen LogP) is 2.55. The lowest BCUT2D eigenvalue weighted by molar-refractivity contribution is -0.118. The zero-order valence-electron chi connectivity index (χ0n) is 11.7. The van der Waals surface area contributed by atoms with E-state index in [1.165, 1.54) is 6.07 Å². The van der Waals surface area contributed by atoms with Crippen LogP contribution >= 0.6 is 0 Å². The van der Waals surface area contributed by atoms with Gasteiger partial charge in [0.15, 0.2) is 6.61 Å². The Hall–Kier alpha value is -3.08. The van der Waals surface area contributed by atoms with Crippen LogP contribution in [-0.4, -0.2) is 17.5 Å².